The van der Waals surface area contributed by atoms with Crippen molar-refractivity contribution in [1.29, 1.82) is 15.8 Å². The molecule has 0 bridgehead atoms. The van der Waals surface area contributed by atoms with Gasteiger partial charge in [-0.15, -0.1) is 0 Å². The Balaban J connectivity index is 2.31. The maximum atomic E-state index is 10.0. The van der Waals surface area contributed by atoms with Crippen molar-refractivity contribution in [2.75, 3.05) is 27.3 Å². The van der Waals surface area contributed by atoms with E-state index in [1.807, 2.05) is 18.2 Å². The predicted octanol–water partition coefficient (Wildman–Crippen LogP) is 2.84. The fourth-order valence-electron chi connectivity index (χ4n) is 4.51. The van der Waals surface area contributed by atoms with Crippen molar-refractivity contribution in [3.05, 3.63) is 46.7 Å². The Kier molecular flexibility index (Phi) is 5.74. The lowest BCUT2D eigenvalue weighted by atomic mass is 9.59. The Labute approximate surface area is 177 Å². The van der Waals surface area contributed by atoms with E-state index in [2.05, 4.69) is 37.0 Å². The second kappa shape index (κ2) is 8.11. The summed E-state index contributed by atoms with van der Waals surface area (Å²) in [6.45, 7) is 5.42. The van der Waals surface area contributed by atoms with Gasteiger partial charge in [-0.05, 0) is 25.5 Å². The van der Waals surface area contributed by atoms with Gasteiger partial charge in [0.2, 0.25) is 5.41 Å². The zero-order valence-electron chi connectivity index (χ0n) is 17.6. The van der Waals surface area contributed by atoms with Crippen LogP contribution in [0.4, 0.5) is 0 Å². The highest BCUT2D eigenvalue weighted by molar-refractivity contribution is 5.60. The van der Waals surface area contributed by atoms with E-state index in [1.165, 1.54) is 0 Å². The smallest absolute Gasteiger partial charge is 0.204 e. The molecular formula is C23H25N5O2. The highest BCUT2D eigenvalue weighted by Crippen LogP contribution is 2.54. The van der Waals surface area contributed by atoms with Crippen LogP contribution in [0.2, 0.25) is 0 Å². The number of fused-ring (bicyclic) bond motifs is 1. The molecule has 1 aliphatic heterocycles. The van der Waals surface area contributed by atoms with Crippen LogP contribution in [0.3, 0.4) is 0 Å². The Bertz CT molecular complexity index is 1020. The fraction of sp³-hybridized carbons (Fsp3) is 0.435. The SMILES string of the molecule is COc1ccc(C2C(C#N)=C(N)C(C#N)(C#N)C3=CCN(C(C)C)CC32)c(OC)c1. The minimum absolute atomic E-state index is 0.0124. The summed E-state index contributed by atoms with van der Waals surface area (Å²) in [6.07, 6.45) is 1.94. The van der Waals surface area contributed by atoms with E-state index in [4.69, 9.17) is 15.2 Å². The summed E-state index contributed by atoms with van der Waals surface area (Å²) in [5.74, 6) is 0.513. The highest BCUT2D eigenvalue weighted by atomic mass is 16.5. The van der Waals surface area contributed by atoms with Crippen LogP contribution in [0.5, 0.6) is 11.5 Å². The first-order chi connectivity index (χ1) is 14.4. The molecule has 2 N–H and O–H groups in total. The molecule has 7 nitrogen and oxygen atoms in total. The minimum Gasteiger partial charge on any atom is -0.497 e. The van der Waals surface area contributed by atoms with Gasteiger partial charge in [0.1, 0.15) is 11.5 Å². The van der Waals surface area contributed by atoms with Crippen molar-refractivity contribution in [1.82, 2.24) is 4.90 Å². The summed E-state index contributed by atoms with van der Waals surface area (Å²) in [4.78, 5) is 2.26. The lowest BCUT2D eigenvalue weighted by Crippen LogP contribution is -2.48. The van der Waals surface area contributed by atoms with Crippen molar-refractivity contribution in [2.24, 2.45) is 17.1 Å². The summed E-state index contributed by atoms with van der Waals surface area (Å²) in [5, 5.41) is 30.0. The number of hydrogen-bond acceptors (Lipinski definition) is 7. The van der Waals surface area contributed by atoms with Crippen LogP contribution in [0.15, 0.2) is 41.1 Å². The molecule has 0 saturated carbocycles. The monoisotopic (exact) mass is 403 g/mol. The molecule has 0 amide bonds. The molecule has 2 aliphatic rings. The van der Waals surface area contributed by atoms with Crippen molar-refractivity contribution < 1.29 is 9.47 Å². The van der Waals surface area contributed by atoms with Crippen molar-refractivity contribution in [2.45, 2.75) is 25.8 Å². The average molecular weight is 403 g/mol. The van der Waals surface area contributed by atoms with Crippen molar-refractivity contribution in [3.8, 4) is 29.7 Å². The summed E-state index contributed by atoms with van der Waals surface area (Å²) < 4.78 is 10.9. The molecule has 1 aromatic carbocycles. The van der Waals surface area contributed by atoms with E-state index in [-0.39, 0.29) is 23.2 Å². The zero-order valence-corrected chi connectivity index (χ0v) is 17.6. The quantitative estimate of drug-likeness (QED) is 0.768. The number of hydrogen-bond donors (Lipinski definition) is 1. The first-order valence-corrected chi connectivity index (χ1v) is 9.77. The van der Waals surface area contributed by atoms with Crippen LogP contribution >= 0.6 is 0 Å². The van der Waals surface area contributed by atoms with Gasteiger partial charge in [0.15, 0.2) is 0 Å². The molecule has 7 heteroatoms. The Morgan fingerprint density at radius 3 is 2.40 bits per heavy atom. The van der Waals surface area contributed by atoms with E-state index in [0.29, 0.717) is 30.2 Å². The summed E-state index contributed by atoms with van der Waals surface area (Å²) in [7, 11) is 3.14. The first kappa shape index (κ1) is 21.2. The molecule has 30 heavy (non-hydrogen) atoms. The normalized spacial score (nSPS) is 22.9. The minimum atomic E-state index is -1.63. The van der Waals surface area contributed by atoms with Crippen LogP contribution in [-0.2, 0) is 0 Å². The first-order valence-electron chi connectivity index (χ1n) is 9.77. The van der Waals surface area contributed by atoms with E-state index in [0.717, 1.165) is 5.56 Å². The number of nitrogens with zero attached hydrogens (tertiary/aromatic N) is 4. The molecule has 1 aromatic rings. The summed E-state index contributed by atoms with van der Waals surface area (Å²) in [6, 6.07) is 12.1. The lowest BCUT2D eigenvalue weighted by molar-refractivity contribution is 0.185. The second-order valence-corrected chi connectivity index (χ2v) is 7.81. The largest absolute Gasteiger partial charge is 0.497 e. The van der Waals surface area contributed by atoms with Gasteiger partial charge in [0, 0.05) is 42.6 Å². The average Bonchev–Trinajstić information content (AvgIpc) is 2.78. The zero-order chi connectivity index (χ0) is 22.1. The molecule has 0 saturated heterocycles. The van der Waals surface area contributed by atoms with Gasteiger partial charge in [-0.25, -0.2) is 0 Å². The molecule has 1 heterocycles. The third kappa shape index (κ3) is 3.07. The molecule has 2 atom stereocenters. The molecule has 1 aliphatic carbocycles. The maximum absolute atomic E-state index is 10.0. The van der Waals surface area contributed by atoms with Gasteiger partial charge in [0.25, 0.3) is 0 Å². The predicted molar refractivity (Wildman–Crippen MR) is 111 cm³/mol. The van der Waals surface area contributed by atoms with Gasteiger partial charge in [-0.1, -0.05) is 12.1 Å². The Morgan fingerprint density at radius 1 is 1.17 bits per heavy atom. The summed E-state index contributed by atoms with van der Waals surface area (Å²) >= 11 is 0. The second-order valence-electron chi connectivity index (χ2n) is 7.81. The van der Waals surface area contributed by atoms with Crippen LogP contribution in [0.25, 0.3) is 0 Å². The molecule has 154 valence electrons. The molecule has 0 spiro atoms. The number of nitrogens with two attached hydrogens (primary N) is 1. The molecule has 0 radical (unpaired) electrons. The maximum Gasteiger partial charge on any atom is 0.204 e. The number of allylic oxidation sites excluding steroid dienone is 2. The number of rotatable bonds is 4. The third-order valence-corrected chi connectivity index (χ3v) is 6.18. The van der Waals surface area contributed by atoms with Crippen molar-refractivity contribution in [3.63, 3.8) is 0 Å². The molecule has 0 fully saturated rings. The van der Waals surface area contributed by atoms with E-state index in [9.17, 15) is 15.8 Å². The van der Waals surface area contributed by atoms with Crippen LogP contribution in [0.1, 0.15) is 25.3 Å². The van der Waals surface area contributed by atoms with Crippen LogP contribution < -0.4 is 15.2 Å². The number of benzene rings is 1. The van der Waals surface area contributed by atoms with Gasteiger partial charge >= 0.3 is 0 Å². The molecule has 0 aromatic heterocycles. The number of ether oxygens (including phenoxy) is 2. The Morgan fingerprint density at radius 2 is 1.87 bits per heavy atom. The topological polar surface area (TPSA) is 119 Å². The van der Waals surface area contributed by atoms with Gasteiger partial charge in [0.05, 0.1) is 43.7 Å². The molecule has 2 unspecified atom stereocenters. The molecular weight excluding hydrogens is 378 g/mol. The number of nitriles is 3. The van der Waals surface area contributed by atoms with Gasteiger partial charge in [-0.2, -0.15) is 15.8 Å². The summed E-state index contributed by atoms with van der Waals surface area (Å²) in [5.41, 5.74) is 6.44. The fourth-order valence-corrected chi connectivity index (χ4v) is 4.51. The Hall–Kier alpha value is -3.47. The lowest BCUT2D eigenvalue weighted by Gasteiger charge is -2.46. The third-order valence-electron chi connectivity index (χ3n) is 6.18. The number of methoxy groups -OCH3 is 2. The van der Waals surface area contributed by atoms with Crippen LogP contribution in [0, 0.1) is 45.3 Å². The highest BCUT2D eigenvalue weighted by Gasteiger charge is 2.53. The van der Waals surface area contributed by atoms with E-state index >= 15 is 0 Å². The van der Waals surface area contributed by atoms with Crippen LogP contribution in [-0.4, -0.2) is 38.3 Å². The van der Waals surface area contributed by atoms with Gasteiger partial charge in [-0.3, -0.25) is 4.90 Å². The van der Waals surface area contributed by atoms with E-state index < -0.39 is 11.3 Å². The van der Waals surface area contributed by atoms with E-state index in [1.54, 1.807) is 20.3 Å². The standard InChI is InChI=1S/C23H25N5O2/c1-14(2)28-8-7-19-18(11-28)21(16-6-5-15(29-3)9-20(16)30-4)17(10-24)22(27)23(19,12-25)13-26/h5-7,9,14,18,21H,8,11,27H2,1-4H3. The van der Waals surface area contributed by atoms with Gasteiger partial charge < -0.3 is 15.2 Å². The molecule has 3 rings (SSSR count). The van der Waals surface area contributed by atoms with Crippen molar-refractivity contribution >= 4 is 0 Å².